The van der Waals surface area contributed by atoms with Crippen molar-refractivity contribution >= 4 is 5.97 Å². The molecule has 2 heterocycles. The van der Waals surface area contributed by atoms with Crippen molar-refractivity contribution in [2.75, 3.05) is 6.54 Å². The van der Waals surface area contributed by atoms with Gasteiger partial charge in [-0.3, -0.25) is 14.7 Å². The zero-order valence-electron chi connectivity index (χ0n) is 12.2. The van der Waals surface area contributed by atoms with E-state index in [1.165, 1.54) is 0 Å². The van der Waals surface area contributed by atoms with Gasteiger partial charge in [0.15, 0.2) is 0 Å². The van der Waals surface area contributed by atoms with Crippen LogP contribution < -0.4 is 4.74 Å². The molecule has 3 rings (SSSR count). The molecule has 0 bridgehead atoms. The maximum atomic E-state index is 11.0. The van der Waals surface area contributed by atoms with Gasteiger partial charge in [0.25, 0.3) is 0 Å². The molecule has 114 valence electrons. The molecule has 1 aliphatic rings. The molecular formula is C17H18N2O3. The monoisotopic (exact) mass is 298 g/mol. The SMILES string of the molecule is O=C(O)[C@@H]1CCN1Cc1cccc(OCc2ccccn2)c1. The summed E-state index contributed by atoms with van der Waals surface area (Å²) in [4.78, 5) is 17.2. The van der Waals surface area contributed by atoms with Crippen LogP contribution in [0.5, 0.6) is 5.75 Å². The maximum Gasteiger partial charge on any atom is 0.320 e. The van der Waals surface area contributed by atoms with Crippen LogP contribution in [-0.2, 0) is 17.9 Å². The first-order valence-electron chi connectivity index (χ1n) is 7.31. The molecule has 0 radical (unpaired) electrons. The Morgan fingerprint density at radius 2 is 2.23 bits per heavy atom. The molecule has 0 aliphatic carbocycles. The fraction of sp³-hybridized carbons (Fsp3) is 0.294. The van der Waals surface area contributed by atoms with E-state index in [2.05, 4.69) is 4.98 Å². The number of carboxylic acids is 1. The number of nitrogens with zero attached hydrogens (tertiary/aromatic N) is 2. The highest BCUT2D eigenvalue weighted by Gasteiger charge is 2.33. The standard InChI is InChI=1S/C17H18N2O3/c20-17(21)16-7-9-19(16)11-13-4-3-6-15(10-13)22-12-14-5-1-2-8-18-14/h1-6,8,10,16H,7,9,11-12H2,(H,20,21)/t16-/m0/s1. The lowest BCUT2D eigenvalue weighted by molar-refractivity contribution is -0.148. The summed E-state index contributed by atoms with van der Waals surface area (Å²) in [7, 11) is 0. The van der Waals surface area contributed by atoms with E-state index in [0.717, 1.165) is 30.0 Å². The summed E-state index contributed by atoms with van der Waals surface area (Å²) in [5.41, 5.74) is 1.94. The van der Waals surface area contributed by atoms with Crippen molar-refractivity contribution < 1.29 is 14.6 Å². The summed E-state index contributed by atoms with van der Waals surface area (Å²) in [6.45, 7) is 1.89. The number of likely N-dealkylation sites (tertiary alicyclic amines) is 1. The maximum absolute atomic E-state index is 11.0. The van der Waals surface area contributed by atoms with Crippen molar-refractivity contribution in [1.29, 1.82) is 0 Å². The van der Waals surface area contributed by atoms with Gasteiger partial charge in [0.05, 0.1) is 5.69 Å². The highest BCUT2D eigenvalue weighted by atomic mass is 16.5. The molecular weight excluding hydrogens is 280 g/mol. The van der Waals surface area contributed by atoms with Crippen LogP contribution in [0.1, 0.15) is 17.7 Å². The molecule has 1 aliphatic heterocycles. The number of ether oxygens (including phenoxy) is 1. The van der Waals surface area contributed by atoms with Gasteiger partial charge in [-0.05, 0) is 36.2 Å². The number of hydrogen-bond acceptors (Lipinski definition) is 4. The molecule has 5 nitrogen and oxygen atoms in total. The summed E-state index contributed by atoms with van der Waals surface area (Å²) < 4.78 is 5.74. The molecule has 1 aromatic heterocycles. The van der Waals surface area contributed by atoms with E-state index in [1.807, 2.05) is 47.4 Å². The largest absolute Gasteiger partial charge is 0.487 e. The molecule has 1 saturated heterocycles. The number of aliphatic carboxylic acids is 1. The van der Waals surface area contributed by atoms with Gasteiger partial charge >= 0.3 is 5.97 Å². The average Bonchev–Trinajstić information content (AvgIpc) is 2.50. The van der Waals surface area contributed by atoms with Crippen LogP contribution in [0.4, 0.5) is 0 Å². The van der Waals surface area contributed by atoms with E-state index in [0.29, 0.717) is 13.2 Å². The van der Waals surface area contributed by atoms with Gasteiger partial charge in [-0.15, -0.1) is 0 Å². The van der Waals surface area contributed by atoms with Crippen LogP contribution in [0.25, 0.3) is 0 Å². The second-order valence-electron chi connectivity index (χ2n) is 5.37. The Bertz CT molecular complexity index is 645. The van der Waals surface area contributed by atoms with Crippen LogP contribution in [0.15, 0.2) is 48.7 Å². The number of rotatable bonds is 6. The van der Waals surface area contributed by atoms with Crippen molar-refractivity contribution in [3.8, 4) is 5.75 Å². The Kier molecular flexibility index (Phi) is 4.34. The second kappa shape index (κ2) is 6.58. The van der Waals surface area contributed by atoms with Gasteiger partial charge in [-0.2, -0.15) is 0 Å². The molecule has 5 heteroatoms. The van der Waals surface area contributed by atoms with Gasteiger partial charge in [-0.1, -0.05) is 18.2 Å². The Labute approximate surface area is 129 Å². The van der Waals surface area contributed by atoms with Crippen LogP contribution >= 0.6 is 0 Å². The normalized spacial score (nSPS) is 17.7. The van der Waals surface area contributed by atoms with Crippen molar-refractivity contribution in [2.24, 2.45) is 0 Å². The summed E-state index contributed by atoms with van der Waals surface area (Å²) in [6, 6.07) is 13.1. The van der Waals surface area contributed by atoms with Gasteiger partial charge in [-0.25, -0.2) is 0 Å². The quantitative estimate of drug-likeness (QED) is 0.886. The topological polar surface area (TPSA) is 62.7 Å². The number of carbonyl (C=O) groups is 1. The minimum atomic E-state index is -0.742. The van der Waals surface area contributed by atoms with Gasteiger partial charge in [0.1, 0.15) is 18.4 Å². The molecule has 22 heavy (non-hydrogen) atoms. The third-order valence-electron chi connectivity index (χ3n) is 3.81. The lowest BCUT2D eigenvalue weighted by Crippen LogP contribution is -2.51. The average molecular weight is 298 g/mol. The number of benzene rings is 1. The molecule has 1 atom stereocenters. The fourth-order valence-corrected chi connectivity index (χ4v) is 2.52. The van der Waals surface area contributed by atoms with E-state index < -0.39 is 5.97 Å². The third-order valence-corrected chi connectivity index (χ3v) is 3.81. The number of hydrogen-bond donors (Lipinski definition) is 1. The van der Waals surface area contributed by atoms with Gasteiger partial charge < -0.3 is 9.84 Å². The third kappa shape index (κ3) is 3.43. The molecule has 0 amide bonds. The van der Waals surface area contributed by atoms with Gasteiger partial charge in [0.2, 0.25) is 0 Å². The van der Waals surface area contributed by atoms with Crippen LogP contribution in [-0.4, -0.2) is 33.5 Å². The first kappa shape index (κ1) is 14.5. The Balaban J connectivity index is 1.59. The first-order valence-corrected chi connectivity index (χ1v) is 7.31. The van der Waals surface area contributed by atoms with Crippen molar-refractivity contribution in [3.05, 3.63) is 59.9 Å². The van der Waals surface area contributed by atoms with Crippen LogP contribution in [0.3, 0.4) is 0 Å². The van der Waals surface area contributed by atoms with Crippen LogP contribution in [0, 0.1) is 0 Å². The van der Waals surface area contributed by atoms with E-state index >= 15 is 0 Å². The predicted molar refractivity (Wildman–Crippen MR) is 81.5 cm³/mol. The summed E-state index contributed by atoms with van der Waals surface area (Å²) in [5.74, 6) is 0.0318. The zero-order chi connectivity index (χ0) is 15.4. The highest BCUT2D eigenvalue weighted by molar-refractivity contribution is 5.74. The number of aromatic nitrogens is 1. The summed E-state index contributed by atoms with van der Waals surface area (Å²) >= 11 is 0. The van der Waals surface area contributed by atoms with E-state index in [-0.39, 0.29) is 6.04 Å². The molecule has 0 unspecified atom stereocenters. The fourth-order valence-electron chi connectivity index (χ4n) is 2.52. The molecule has 2 aromatic rings. The van der Waals surface area contributed by atoms with E-state index in [4.69, 9.17) is 9.84 Å². The molecule has 1 aromatic carbocycles. The van der Waals surface area contributed by atoms with Gasteiger partial charge in [0, 0.05) is 19.3 Å². The highest BCUT2D eigenvalue weighted by Crippen LogP contribution is 2.22. The molecule has 1 N–H and O–H groups in total. The zero-order valence-corrected chi connectivity index (χ0v) is 12.2. The lowest BCUT2D eigenvalue weighted by atomic mass is 10.0. The Morgan fingerprint density at radius 3 is 2.91 bits per heavy atom. The minimum absolute atomic E-state index is 0.349. The molecule has 0 spiro atoms. The van der Waals surface area contributed by atoms with Crippen molar-refractivity contribution in [3.63, 3.8) is 0 Å². The smallest absolute Gasteiger partial charge is 0.320 e. The molecule has 0 saturated carbocycles. The van der Waals surface area contributed by atoms with Crippen molar-refractivity contribution in [2.45, 2.75) is 25.6 Å². The summed E-state index contributed by atoms with van der Waals surface area (Å²) in [6.07, 6.45) is 2.47. The van der Waals surface area contributed by atoms with E-state index in [9.17, 15) is 4.79 Å². The Morgan fingerprint density at radius 1 is 1.32 bits per heavy atom. The number of carboxylic acid groups (broad SMARTS) is 1. The number of pyridine rings is 1. The van der Waals surface area contributed by atoms with E-state index in [1.54, 1.807) is 6.20 Å². The summed E-state index contributed by atoms with van der Waals surface area (Å²) in [5, 5.41) is 9.07. The lowest BCUT2D eigenvalue weighted by Gasteiger charge is -2.37. The van der Waals surface area contributed by atoms with Crippen LogP contribution in [0.2, 0.25) is 0 Å². The first-order chi connectivity index (χ1) is 10.7. The minimum Gasteiger partial charge on any atom is -0.487 e. The molecule has 1 fully saturated rings. The second-order valence-corrected chi connectivity index (χ2v) is 5.37. The van der Waals surface area contributed by atoms with Crippen molar-refractivity contribution in [1.82, 2.24) is 9.88 Å². The Hall–Kier alpha value is -2.40. The predicted octanol–water partition coefficient (Wildman–Crippen LogP) is 2.32.